The van der Waals surface area contributed by atoms with Gasteiger partial charge in [0.1, 0.15) is 54.9 Å². The molecule has 0 aliphatic carbocycles. The van der Waals surface area contributed by atoms with Crippen LogP contribution in [0, 0.1) is 0 Å². The van der Waals surface area contributed by atoms with Crippen molar-refractivity contribution in [2.75, 3.05) is 33.0 Å². The van der Waals surface area contributed by atoms with Gasteiger partial charge in [-0.3, -0.25) is 4.79 Å². The molecule has 61 heavy (non-hydrogen) atoms. The zero-order valence-electron chi connectivity index (χ0n) is 37.9. The Kier molecular flexibility index (Phi) is 33.0. The van der Waals surface area contributed by atoms with Gasteiger partial charge >= 0.3 is 5.97 Å². The number of esters is 1. The third-order valence-electron chi connectivity index (χ3n) is 11.8. The maximum Gasteiger partial charge on any atom is 0.306 e. The van der Waals surface area contributed by atoms with Gasteiger partial charge in [0.2, 0.25) is 0 Å². The monoisotopic (exact) mass is 877 g/mol. The van der Waals surface area contributed by atoms with Gasteiger partial charge in [0, 0.05) is 13.0 Å². The number of aliphatic hydroxyl groups excluding tert-OH is 7. The molecule has 2 aliphatic heterocycles. The summed E-state index contributed by atoms with van der Waals surface area (Å²) >= 11 is 0. The van der Waals surface area contributed by atoms with Crippen molar-refractivity contribution >= 4 is 5.97 Å². The lowest BCUT2D eigenvalue weighted by molar-refractivity contribution is -0.332. The normalized spacial score (nSPS) is 27.5. The van der Waals surface area contributed by atoms with Crippen molar-refractivity contribution in [1.29, 1.82) is 0 Å². The fourth-order valence-corrected chi connectivity index (χ4v) is 7.75. The predicted octanol–water partition coefficient (Wildman–Crippen LogP) is 6.29. The van der Waals surface area contributed by atoms with Crippen molar-refractivity contribution in [3.8, 4) is 0 Å². The van der Waals surface area contributed by atoms with Crippen molar-refractivity contribution in [2.45, 2.75) is 248 Å². The number of unbranched alkanes of at least 4 members (excludes halogenated alkanes) is 22. The Bertz CT molecular complexity index is 1060. The van der Waals surface area contributed by atoms with Gasteiger partial charge in [0.05, 0.1) is 26.4 Å². The van der Waals surface area contributed by atoms with Gasteiger partial charge in [-0.25, -0.2) is 0 Å². The smallest absolute Gasteiger partial charge is 0.306 e. The van der Waals surface area contributed by atoms with Gasteiger partial charge in [-0.15, -0.1) is 0 Å². The van der Waals surface area contributed by atoms with Crippen LogP contribution in [0.5, 0.6) is 0 Å². The molecule has 2 aliphatic rings. The topological polar surface area (TPSA) is 214 Å². The molecule has 0 aromatic rings. The maximum atomic E-state index is 12.9. The Hall–Kier alpha value is -1.27. The quantitative estimate of drug-likeness (QED) is 0.0206. The first-order chi connectivity index (χ1) is 29.6. The van der Waals surface area contributed by atoms with Crippen LogP contribution in [0.25, 0.3) is 0 Å². The molecule has 2 fully saturated rings. The molecule has 2 rings (SSSR count). The lowest BCUT2D eigenvalue weighted by Gasteiger charge is -2.42. The number of carbonyl (C=O) groups excluding carboxylic acids is 1. The Balaban J connectivity index is 1.79. The standard InChI is InChI=1S/C47H88O14/c1-3-5-7-9-11-13-15-17-18-19-21-23-25-27-29-31-56-33-36(59-39(49)30-28-26-24-22-20-16-14-12-10-8-6-4-2)34-57-46-45(55)43(53)41(51)38(61-46)35-58-47-44(54)42(52)40(50)37(32-48)60-47/h15,17,36-38,40-48,50-55H,3-14,16,18-35H2,1-2H3/b17-15-. The molecule has 0 amide bonds. The van der Waals surface area contributed by atoms with E-state index in [2.05, 4.69) is 26.0 Å². The van der Waals surface area contributed by atoms with Gasteiger partial charge in [0.25, 0.3) is 0 Å². The molecule has 14 heteroatoms. The third-order valence-corrected chi connectivity index (χ3v) is 11.8. The molecule has 7 N–H and O–H groups in total. The number of aliphatic hydroxyl groups is 7. The van der Waals surface area contributed by atoms with E-state index in [1.165, 1.54) is 109 Å². The molecule has 0 saturated carbocycles. The van der Waals surface area contributed by atoms with E-state index < -0.39 is 80.7 Å². The molecule has 0 radical (unpaired) electrons. The highest BCUT2D eigenvalue weighted by Gasteiger charge is 2.47. The highest BCUT2D eigenvalue weighted by atomic mass is 16.7. The van der Waals surface area contributed by atoms with Crippen molar-refractivity contribution in [3.05, 3.63) is 12.2 Å². The number of allylic oxidation sites excluding steroid dienone is 2. The van der Waals surface area contributed by atoms with Crippen LogP contribution in [-0.2, 0) is 33.2 Å². The lowest BCUT2D eigenvalue weighted by atomic mass is 9.98. The molecule has 11 unspecified atom stereocenters. The summed E-state index contributed by atoms with van der Waals surface area (Å²) in [6.45, 7) is 3.67. The van der Waals surface area contributed by atoms with E-state index in [-0.39, 0.29) is 25.6 Å². The molecule has 2 saturated heterocycles. The van der Waals surface area contributed by atoms with E-state index in [4.69, 9.17) is 28.4 Å². The summed E-state index contributed by atoms with van der Waals surface area (Å²) in [6.07, 6.45) is 18.5. The zero-order chi connectivity index (χ0) is 44.5. The fourth-order valence-electron chi connectivity index (χ4n) is 7.75. The van der Waals surface area contributed by atoms with Crippen LogP contribution in [0.4, 0.5) is 0 Å². The molecule has 14 nitrogen and oxygen atoms in total. The summed E-state index contributed by atoms with van der Waals surface area (Å²) in [7, 11) is 0. The van der Waals surface area contributed by atoms with Gasteiger partial charge in [-0.05, 0) is 38.5 Å². The maximum absolute atomic E-state index is 12.9. The zero-order valence-corrected chi connectivity index (χ0v) is 37.9. The van der Waals surface area contributed by atoms with Crippen LogP contribution in [0.1, 0.15) is 181 Å². The Morgan fingerprint density at radius 1 is 0.525 bits per heavy atom. The van der Waals surface area contributed by atoms with E-state index in [1.54, 1.807) is 0 Å². The first-order valence-electron chi connectivity index (χ1n) is 24.3. The lowest BCUT2D eigenvalue weighted by Crippen LogP contribution is -2.61. The van der Waals surface area contributed by atoms with E-state index in [0.29, 0.717) is 13.0 Å². The summed E-state index contributed by atoms with van der Waals surface area (Å²) in [4.78, 5) is 12.9. The van der Waals surface area contributed by atoms with Crippen LogP contribution < -0.4 is 0 Å². The first kappa shape index (κ1) is 55.9. The van der Waals surface area contributed by atoms with Crippen LogP contribution in [0.3, 0.4) is 0 Å². The molecular formula is C47H88O14. The Morgan fingerprint density at radius 3 is 1.49 bits per heavy atom. The van der Waals surface area contributed by atoms with Crippen LogP contribution in [-0.4, -0.2) is 142 Å². The number of hydrogen-bond donors (Lipinski definition) is 7. The average molecular weight is 877 g/mol. The number of hydrogen-bond acceptors (Lipinski definition) is 14. The molecule has 0 bridgehead atoms. The average Bonchev–Trinajstić information content (AvgIpc) is 3.25. The second-order valence-corrected chi connectivity index (χ2v) is 17.3. The molecule has 11 atom stereocenters. The molecule has 0 aromatic carbocycles. The van der Waals surface area contributed by atoms with Crippen molar-refractivity contribution in [2.24, 2.45) is 0 Å². The molecule has 0 spiro atoms. The van der Waals surface area contributed by atoms with Crippen molar-refractivity contribution in [1.82, 2.24) is 0 Å². The van der Waals surface area contributed by atoms with Gasteiger partial charge in [-0.1, -0.05) is 148 Å². The highest BCUT2D eigenvalue weighted by Crippen LogP contribution is 2.26. The molecule has 0 aromatic heterocycles. The van der Waals surface area contributed by atoms with Crippen LogP contribution in [0.2, 0.25) is 0 Å². The Morgan fingerprint density at radius 2 is 0.967 bits per heavy atom. The van der Waals surface area contributed by atoms with Crippen molar-refractivity contribution < 1.29 is 69.0 Å². The van der Waals surface area contributed by atoms with E-state index in [9.17, 15) is 40.5 Å². The van der Waals surface area contributed by atoms with Gasteiger partial charge in [-0.2, -0.15) is 0 Å². The minimum atomic E-state index is -1.70. The minimum Gasteiger partial charge on any atom is -0.457 e. The van der Waals surface area contributed by atoms with Crippen LogP contribution in [0.15, 0.2) is 12.2 Å². The Labute approximate surface area is 367 Å². The molecule has 2 heterocycles. The third kappa shape index (κ3) is 24.6. The van der Waals surface area contributed by atoms with Crippen LogP contribution >= 0.6 is 0 Å². The number of carbonyl (C=O) groups is 1. The van der Waals surface area contributed by atoms with Gasteiger partial charge < -0.3 is 64.2 Å². The largest absolute Gasteiger partial charge is 0.457 e. The summed E-state index contributed by atoms with van der Waals surface area (Å²) in [5.74, 6) is -0.377. The highest BCUT2D eigenvalue weighted by molar-refractivity contribution is 5.69. The molecular weight excluding hydrogens is 789 g/mol. The summed E-state index contributed by atoms with van der Waals surface area (Å²) in [6, 6.07) is 0. The van der Waals surface area contributed by atoms with Gasteiger partial charge in [0.15, 0.2) is 12.6 Å². The van der Waals surface area contributed by atoms with E-state index in [1.807, 2.05) is 0 Å². The van der Waals surface area contributed by atoms with E-state index in [0.717, 1.165) is 44.9 Å². The summed E-state index contributed by atoms with van der Waals surface area (Å²) in [5, 5.41) is 72.0. The van der Waals surface area contributed by atoms with E-state index >= 15 is 0 Å². The predicted molar refractivity (Wildman–Crippen MR) is 234 cm³/mol. The summed E-state index contributed by atoms with van der Waals surface area (Å²) < 4.78 is 34.2. The second-order valence-electron chi connectivity index (χ2n) is 17.3. The molecule has 360 valence electrons. The van der Waals surface area contributed by atoms with Crippen molar-refractivity contribution in [3.63, 3.8) is 0 Å². The second kappa shape index (κ2) is 36.0. The minimum absolute atomic E-state index is 0.0623. The first-order valence-corrected chi connectivity index (χ1v) is 24.3. The fraction of sp³-hybridized carbons (Fsp3) is 0.936. The summed E-state index contributed by atoms with van der Waals surface area (Å²) in [5.41, 5.74) is 0. The number of ether oxygens (including phenoxy) is 6. The number of rotatable bonds is 38. The SMILES string of the molecule is CCCCCCC/C=C\CCCCCCCCOCC(COC1OC(COC2OC(CO)C(O)C(O)C2O)C(O)C(O)C1O)OC(=O)CCCCCCCCCCCCCC.